The van der Waals surface area contributed by atoms with E-state index in [1.807, 2.05) is 18.2 Å². The van der Waals surface area contributed by atoms with Gasteiger partial charge in [0.25, 0.3) is 5.91 Å². The van der Waals surface area contributed by atoms with Gasteiger partial charge in [0, 0.05) is 37.7 Å². The summed E-state index contributed by atoms with van der Waals surface area (Å²) in [5.74, 6) is -1.92. The number of rotatable bonds is 5. The number of ether oxygens (including phenoxy) is 1. The summed E-state index contributed by atoms with van der Waals surface area (Å²) in [5, 5.41) is 0.188. The summed E-state index contributed by atoms with van der Waals surface area (Å²) in [5.41, 5.74) is 0.996. The first-order chi connectivity index (χ1) is 13.0. The predicted molar refractivity (Wildman–Crippen MR) is 100.0 cm³/mol. The Morgan fingerprint density at radius 1 is 1.04 bits per heavy atom. The van der Waals surface area contributed by atoms with Crippen LogP contribution < -0.4 is 0 Å². The number of carbonyl (C=O) groups excluding carboxylic acids is 2. The SMILES string of the molecule is O=C(OCC(=O)N1CCN(Cc2ccccc2)CC1)c1ccc(Cl)cc1F. The van der Waals surface area contributed by atoms with Crippen molar-refractivity contribution < 1.29 is 18.7 Å². The van der Waals surface area contributed by atoms with Crippen molar-refractivity contribution in [3.05, 3.63) is 70.5 Å². The third kappa shape index (κ3) is 5.28. The Morgan fingerprint density at radius 2 is 1.74 bits per heavy atom. The van der Waals surface area contributed by atoms with Crippen molar-refractivity contribution in [1.82, 2.24) is 9.80 Å². The van der Waals surface area contributed by atoms with E-state index < -0.39 is 18.4 Å². The quantitative estimate of drug-likeness (QED) is 0.736. The van der Waals surface area contributed by atoms with Crippen LogP contribution in [0.15, 0.2) is 48.5 Å². The molecule has 142 valence electrons. The van der Waals surface area contributed by atoms with Gasteiger partial charge < -0.3 is 9.64 Å². The first-order valence-electron chi connectivity index (χ1n) is 8.69. The minimum absolute atomic E-state index is 0.188. The van der Waals surface area contributed by atoms with Crippen molar-refractivity contribution in [3.8, 4) is 0 Å². The summed E-state index contributed by atoms with van der Waals surface area (Å²) in [6.07, 6.45) is 0. The van der Waals surface area contributed by atoms with Crippen LogP contribution in [0.2, 0.25) is 5.02 Å². The average molecular weight is 391 g/mol. The number of hydrogen-bond donors (Lipinski definition) is 0. The summed E-state index contributed by atoms with van der Waals surface area (Å²) in [6, 6.07) is 13.8. The Morgan fingerprint density at radius 3 is 2.41 bits per heavy atom. The van der Waals surface area contributed by atoms with Crippen LogP contribution in [0, 0.1) is 5.82 Å². The Labute approximate surface area is 162 Å². The second kappa shape index (κ2) is 8.97. The zero-order valence-corrected chi connectivity index (χ0v) is 15.5. The molecule has 0 spiro atoms. The molecule has 2 aromatic rings. The smallest absolute Gasteiger partial charge is 0.341 e. The molecular formula is C20H20ClFN2O3. The van der Waals surface area contributed by atoms with E-state index >= 15 is 0 Å². The lowest BCUT2D eigenvalue weighted by Crippen LogP contribution is -2.49. The fraction of sp³-hybridized carbons (Fsp3) is 0.300. The monoisotopic (exact) mass is 390 g/mol. The van der Waals surface area contributed by atoms with Crippen LogP contribution in [0.4, 0.5) is 4.39 Å². The number of halogens is 2. The van der Waals surface area contributed by atoms with Crippen molar-refractivity contribution in [2.75, 3.05) is 32.8 Å². The van der Waals surface area contributed by atoms with Gasteiger partial charge in [-0.1, -0.05) is 41.9 Å². The zero-order chi connectivity index (χ0) is 19.2. The molecule has 1 aliphatic rings. The van der Waals surface area contributed by atoms with Crippen LogP contribution in [0.1, 0.15) is 15.9 Å². The van der Waals surface area contributed by atoms with E-state index in [0.717, 1.165) is 25.7 Å². The molecule has 0 N–H and O–H groups in total. The Kier molecular flexibility index (Phi) is 6.42. The number of piperazine rings is 1. The van der Waals surface area contributed by atoms with Gasteiger partial charge in [0.1, 0.15) is 5.82 Å². The van der Waals surface area contributed by atoms with Gasteiger partial charge in [0.2, 0.25) is 0 Å². The molecule has 1 fully saturated rings. The summed E-state index contributed by atoms with van der Waals surface area (Å²) in [7, 11) is 0. The molecular weight excluding hydrogens is 371 g/mol. The summed E-state index contributed by atoms with van der Waals surface area (Å²) < 4.78 is 18.7. The third-order valence-electron chi connectivity index (χ3n) is 4.45. The molecule has 3 rings (SSSR count). The molecule has 7 heteroatoms. The lowest BCUT2D eigenvalue weighted by atomic mass is 10.2. The summed E-state index contributed by atoms with van der Waals surface area (Å²) >= 11 is 5.66. The lowest BCUT2D eigenvalue weighted by molar-refractivity contribution is -0.136. The zero-order valence-electron chi connectivity index (χ0n) is 14.7. The number of carbonyl (C=O) groups is 2. The van der Waals surface area contributed by atoms with Gasteiger partial charge in [-0.3, -0.25) is 9.69 Å². The Bertz CT molecular complexity index is 808. The molecule has 1 saturated heterocycles. The minimum Gasteiger partial charge on any atom is -0.452 e. The molecule has 1 aliphatic heterocycles. The van der Waals surface area contributed by atoms with Crippen LogP contribution in [0.5, 0.6) is 0 Å². The van der Waals surface area contributed by atoms with Crippen LogP contribution in [0.25, 0.3) is 0 Å². The van der Waals surface area contributed by atoms with E-state index in [9.17, 15) is 14.0 Å². The first-order valence-corrected chi connectivity index (χ1v) is 9.07. The van der Waals surface area contributed by atoms with Crippen LogP contribution >= 0.6 is 11.6 Å². The van der Waals surface area contributed by atoms with E-state index in [0.29, 0.717) is 13.1 Å². The highest BCUT2D eigenvalue weighted by Gasteiger charge is 2.23. The van der Waals surface area contributed by atoms with Gasteiger partial charge in [-0.25, -0.2) is 9.18 Å². The number of amides is 1. The third-order valence-corrected chi connectivity index (χ3v) is 4.69. The van der Waals surface area contributed by atoms with Crippen molar-refractivity contribution >= 4 is 23.5 Å². The van der Waals surface area contributed by atoms with E-state index in [-0.39, 0.29) is 16.5 Å². The topological polar surface area (TPSA) is 49.9 Å². The number of esters is 1. The largest absolute Gasteiger partial charge is 0.452 e. The molecule has 0 unspecified atom stereocenters. The maximum absolute atomic E-state index is 13.7. The molecule has 0 bridgehead atoms. The molecule has 1 amide bonds. The highest BCUT2D eigenvalue weighted by Crippen LogP contribution is 2.15. The van der Waals surface area contributed by atoms with Gasteiger partial charge in [0.15, 0.2) is 6.61 Å². The predicted octanol–water partition coefficient (Wildman–Crippen LogP) is 2.98. The highest BCUT2D eigenvalue weighted by atomic mass is 35.5. The van der Waals surface area contributed by atoms with Gasteiger partial charge in [0.05, 0.1) is 5.56 Å². The Balaban J connectivity index is 1.45. The number of nitrogens with zero attached hydrogens (tertiary/aromatic N) is 2. The van der Waals surface area contributed by atoms with E-state index in [1.165, 1.54) is 17.7 Å². The maximum Gasteiger partial charge on any atom is 0.341 e. The molecule has 0 atom stereocenters. The fourth-order valence-electron chi connectivity index (χ4n) is 2.95. The van der Waals surface area contributed by atoms with Gasteiger partial charge in [-0.05, 0) is 23.8 Å². The van der Waals surface area contributed by atoms with E-state index in [1.54, 1.807) is 4.90 Å². The standard InChI is InChI=1S/C20H20ClFN2O3/c21-16-6-7-17(18(22)12-16)20(26)27-14-19(25)24-10-8-23(9-11-24)13-15-4-2-1-3-5-15/h1-7,12H,8-11,13-14H2. The molecule has 0 aromatic heterocycles. The van der Waals surface area contributed by atoms with Gasteiger partial charge >= 0.3 is 5.97 Å². The first kappa shape index (κ1) is 19.3. The summed E-state index contributed by atoms with van der Waals surface area (Å²) in [4.78, 5) is 28.1. The molecule has 0 radical (unpaired) electrons. The van der Waals surface area contributed by atoms with Crippen LogP contribution in [0.3, 0.4) is 0 Å². The average Bonchev–Trinajstić information content (AvgIpc) is 2.67. The highest BCUT2D eigenvalue weighted by molar-refractivity contribution is 6.30. The number of benzene rings is 2. The van der Waals surface area contributed by atoms with Crippen molar-refractivity contribution in [3.63, 3.8) is 0 Å². The fourth-order valence-corrected chi connectivity index (χ4v) is 3.11. The van der Waals surface area contributed by atoms with Crippen LogP contribution in [-0.2, 0) is 16.1 Å². The molecule has 27 heavy (non-hydrogen) atoms. The van der Waals surface area contributed by atoms with Crippen molar-refractivity contribution in [2.45, 2.75) is 6.54 Å². The second-order valence-corrected chi connectivity index (χ2v) is 6.78. The summed E-state index contributed by atoms with van der Waals surface area (Å²) in [6.45, 7) is 3.07. The molecule has 2 aromatic carbocycles. The van der Waals surface area contributed by atoms with Gasteiger partial charge in [-0.15, -0.1) is 0 Å². The molecule has 0 saturated carbocycles. The molecule has 0 aliphatic carbocycles. The second-order valence-electron chi connectivity index (χ2n) is 6.34. The number of hydrogen-bond acceptors (Lipinski definition) is 4. The van der Waals surface area contributed by atoms with Crippen LogP contribution in [-0.4, -0.2) is 54.5 Å². The van der Waals surface area contributed by atoms with Gasteiger partial charge in [-0.2, -0.15) is 0 Å². The minimum atomic E-state index is -0.875. The van der Waals surface area contributed by atoms with E-state index in [4.69, 9.17) is 16.3 Å². The normalized spacial score (nSPS) is 14.8. The lowest BCUT2D eigenvalue weighted by Gasteiger charge is -2.34. The Hall–Kier alpha value is -2.44. The van der Waals surface area contributed by atoms with Crippen molar-refractivity contribution in [2.24, 2.45) is 0 Å². The molecule has 1 heterocycles. The maximum atomic E-state index is 13.7. The van der Waals surface area contributed by atoms with E-state index in [2.05, 4.69) is 17.0 Å². The molecule has 5 nitrogen and oxygen atoms in total. The van der Waals surface area contributed by atoms with Crippen molar-refractivity contribution in [1.29, 1.82) is 0 Å².